The average Bonchev–Trinajstić information content (AvgIpc) is 2.92. The highest BCUT2D eigenvalue weighted by atomic mass is 15.5. The molecule has 0 aromatic heterocycles. The van der Waals surface area contributed by atoms with Crippen LogP contribution in [0.4, 0.5) is 11.4 Å². The maximum absolute atomic E-state index is 6.46. The molecule has 0 amide bonds. The molecule has 0 fully saturated rings. The Bertz CT molecular complexity index is 1560. The Balaban J connectivity index is 1.80. The molecule has 1 aliphatic carbocycles. The second-order valence-corrected chi connectivity index (χ2v) is 15.7. The van der Waals surface area contributed by atoms with E-state index in [0.717, 1.165) is 24.3 Å². The van der Waals surface area contributed by atoms with Gasteiger partial charge in [0.15, 0.2) is 0 Å². The predicted molar refractivity (Wildman–Crippen MR) is 198 cm³/mol. The summed E-state index contributed by atoms with van der Waals surface area (Å²) in [6.45, 7) is 28.2. The summed E-state index contributed by atoms with van der Waals surface area (Å²) in [5.74, 6) is 0.463. The van der Waals surface area contributed by atoms with Crippen molar-refractivity contribution in [3.8, 4) is 11.1 Å². The van der Waals surface area contributed by atoms with Crippen molar-refractivity contribution < 1.29 is 0 Å². The van der Waals surface area contributed by atoms with Crippen LogP contribution in [0.3, 0.4) is 0 Å². The summed E-state index contributed by atoms with van der Waals surface area (Å²) in [7, 11) is 0. The summed E-state index contributed by atoms with van der Waals surface area (Å²) in [6, 6.07) is 18.4. The number of benzene rings is 3. The van der Waals surface area contributed by atoms with Crippen LogP contribution in [-0.4, -0.2) is 22.6 Å². The lowest BCUT2D eigenvalue weighted by molar-refractivity contribution is 0.153. The molecule has 45 heavy (non-hydrogen) atoms. The van der Waals surface area contributed by atoms with Gasteiger partial charge in [0.2, 0.25) is 0 Å². The lowest BCUT2D eigenvalue weighted by atomic mass is 9.76. The molecule has 0 spiro atoms. The van der Waals surface area contributed by atoms with E-state index < -0.39 is 0 Å². The SMILES string of the molecule is Cc1cc(CN(Nc2c(C)cc(-c3cc(C)cc(C)c3)cc2NC(C)(C)C(C)(C)C)C(C)(C)CN)cc(C2=CC(C)C=CC2)c1. The third-order valence-corrected chi connectivity index (χ3v) is 9.78. The third-order valence-electron chi connectivity index (χ3n) is 9.78. The van der Waals surface area contributed by atoms with E-state index in [1.54, 1.807) is 0 Å². The molecule has 0 saturated heterocycles. The zero-order valence-electron chi connectivity index (χ0n) is 30.1. The van der Waals surface area contributed by atoms with Crippen molar-refractivity contribution in [3.63, 3.8) is 0 Å². The van der Waals surface area contributed by atoms with Gasteiger partial charge >= 0.3 is 0 Å². The number of nitrogens with zero attached hydrogens (tertiary/aromatic N) is 1. The smallest absolute Gasteiger partial charge is 0.0752 e. The van der Waals surface area contributed by atoms with Crippen LogP contribution >= 0.6 is 0 Å². The molecule has 1 atom stereocenters. The molecule has 3 aromatic carbocycles. The van der Waals surface area contributed by atoms with Gasteiger partial charge in [0.05, 0.1) is 11.4 Å². The Morgan fingerprint density at radius 1 is 0.778 bits per heavy atom. The number of aryl methyl sites for hydroxylation is 4. The van der Waals surface area contributed by atoms with Crippen molar-refractivity contribution in [3.05, 3.63) is 100 Å². The van der Waals surface area contributed by atoms with E-state index in [4.69, 9.17) is 5.73 Å². The van der Waals surface area contributed by atoms with Crippen molar-refractivity contribution in [2.24, 2.45) is 17.1 Å². The van der Waals surface area contributed by atoms with Gasteiger partial charge in [-0.25, -0.2) is 5.01 Å². The molecule has 4 heteroatoms. The van der Waals surface area contributed by atoms with Crippen molar-refractivity contribution in [2.75, 3.05) is 17.3 Å². The van der Waals surface area contributed by atoms with E-state index in [1.807, 2.05) is 0 Å². The number of hydrogen-bond acceptors (Lipinski definition) is 4. The number of nitrogens with one attached hydrogen (secondary N) is 2. The van der Waals surface area contributed by atoms with Gasteiger partial charge in [-0.15, -0.1) is 0 Å². The van der Waals surface area contributed by atoms with Gasteiger partial charge in [-0.05, 0) is 119 Å². The topological polar surface area (TPSA) is 53.3 Å². The Labute approximate surface area is 274 Å². The summed E-state index contributed by atoms with van der Waals surface area (Å²) >= 11 is 0. The van der Waals surface area contributed by atoms with Crippen LogP contribution in [0.2, 0.25) is 0 Å². The fraction of sp³-hybridized carbons (Fsp3) is 0.463. The third kappa shape index (κ3) is 8.28. The Morgan fingerprint density at radius 2 is 1.38 bits per heavy atom. The first kappa shape index (κ1) is 34.5. The van der Waals surface area contributed by atoms with Crippen LogP contribution in [0.25, 0.3) is 16.7 Å². The van der Waals surface area contributed by atoms with Crippen molar-refractivity contribution in [2.45, 2.75) is 107 Å². The van der Waals surface area contributed by atoms with Gasteiger partial charge < -0.3 is 16.5 Å². The minimum atomic E-state index is -0.305. The second-order valence-electron chi connectivity index (χ2n) is 15.7. The quantitative estimate of drug-likeness (QED) is 0.159. The van der Waals surface area contributed by atoms with Crippen LogP contribution in [-0.2, 0) is 6.54 Å². The summed E-state index contributed by atoms with van der Waals surface area (Å²) in [6.07, 6.45) is 7.96. The molecule has 0 radical (unpaired) electrons. The Hall–Kier alpha value is -3.34. The summed E-state index contributed by atoms with van der Waals surface area (Å²) < 4.78 is 0. The van der Waals surface area contributed by atoms with Crippen LogP contribution < -0.4 is 16.5 Å². The molecule has 1 aliphatic rings. The molecule has 242 valence electrons. The summed E-state index contributed by atoms with van der Waals surface area (Å²) in [5.41, 5.74) is 23.6. The zero-order valence-corrected chi connectivity index (χ0v) is 30.1. The molecule has 4 nitrogen and oxygen atoms in total. The van der Waals surface area contributed by atoms with Gasteiger partial charge in [-0.1, -0.05) is 99.0 Å². The monoisotopic (exact) mass is 606 g/mol. The molecule has 4 N–H and O–H groups in total. The maximum atomic E-state index is 6.46. The number of rotatable bonds is 10. The highest BCUT2D eigenvalue weighted by Gasteiger charge is 2.34. The normalized spacial score (nSPS) is 15.8. The first-order chi connectivity index (χ1) is 20.9. The minimum absolute atomic E-state index is 0.0305. The van der Waals surface area contributed by atoms with Gasteiger partial charge in [0, 0.05) is 24.2 Å². The standard InChI is InChI=1S/C41H58N4/c1-27-14-13-15-33(18-27)35-21-30(4)17-32(23-35)25-45(40(9,10)26-42)44-38-31(5)22-36(34-19-28(2)16-29(3)20-34)24-37(38)43-41(11,12)39(6,7)8/h13-14,16-24,27,43-44H,15,25-26,42H2,1-12H3. The van der Waals surface area contributed by atoms with Crippen LogP contribution in [0, 0.1) is 39.0 Å². The molecule has 0 heterocycles. The number of nitrogens with two attached hydrogens (primary N) is 1. The highest BCUT2D eigenvalue weighted by molar-refractivity contribution is 5.81. The number of hydrazine groups is 1. The lowest BCUT2D eigenvalue weighted by Crippen LogP contribution is -2.52. The van der Waals surface area contributed by atoms with E-state index in [1.165, 1.54) is 50.1 Å². The molecule has 0 bridgehead atoms. The van der Waals surface area contributed by atoms with Crippen LogP contribution in [0.1, 0.15) is 95.2 Å². The summed E-state index contributed by atoms with van der Waals surface area (Å²) in [5, 5.41) is 6.31. The largest absolute Gasteiger partial charge is 0.378 e. The van der Waals surface area contributed by atoms with Crippen LogP contribution in [0.5, 0.6) is 0 Å². The highest BCUT2D eigenvalue weighted by Crippen LogP contribution is 2.40. The van der Waals surface area contributed by atoms with E-state index >= 15 is 0 Å². The van der Waals surface area contributed by atoms with Crippen molar-refractivity contribution >= 4 is 16.9 Å². The molecule has 4 rings (SSSR count). The zero-order chi connectivity index (χ0) is 33.3. The number of anilines is 2. The first-order valence-corrected chi connectivity index (χ1v) is 16.6. The second kappa shape index (κ2) is 13.2. The molecule has 0 saturated carbocycles. The molecule has 3 aromatic rings. The fourth-order valence-electron chi connectivity index (χ4n) is 5.90. The van der Waals surface area contributed by atoms with Gasteiger partial charge in [-0.2, -0.15) is 0 Å². The van der Waals surface area contributed by atoms with Crippen molar-refractivity contribution in [1.29, 1.82) is 0 Å². The van der Waals surface area contributed by atoms with Gasteiger partial charge in [0.1, 0.15) is 0 Å². The number of allylic oxidation sites excluding steroid dienone is 4. The maximum Gasteiger partial charge on any atom is 0.0752 e. The number of hydrogen-bond donors (Lipinski definition) is 3. The molecular weight excluding hydrogens is 548 g/mol. The molecular formula is C41H58N4. The fourth-order valence-corrected chi connectivity index (χ4v) is 5.90. The minimum Gasteiger partial charge on any atom is -0.378 e. The van der Waals surface area contributed by atoms with Crippen molar-refractivity contribution in [1.82, 2.24) is 5.01 Å². The van der Waals surface area contributed by atoms with E-state index in [2.05, 4.69) is 166 Å². The lowest BCUT2D eigenvalue weighted by Gasteiger charge is -2.43. The van der Waals surface area contributed by atoms with Gasteiger partial charge in [0.25, 0.3) is 0 Å². The van der Waals surface area contributed by atoms with E-state index in [0.29, 0.717) is 12.5 Å². The van der Waals surface area contributed by atoms with Crippen LogP contribution in [0.15, 0.2) is 66.8 Å². The van der Waals surface area contributed by atoms with Gasteiger partial charge in [-0.3, -0.25) is 0 Å². The average molecular weight is 607 g/mol. The van der Waals surface area contributed by atoms with E-state index in [9.17, 15) is 0 Å². The Morgan fingerprint density at radius 3 is 1.98 bits per heavy atom. The molecule has 0 aliphatic heterocycles. The Kier molecular flexibility index (Phi) is 10.1. The van der Waals surface area contributed by atoms with E-state index in [-0.39, 0.29) is 16.5 Å². The first-order valence-electron chi connectivity index (χ1n) is 16.6. The summed E-state index contributed by atoms with van der Waals surface area (Å²) in [4.78, 5) is 0. The predicted octanol–water partition coefficient (Wildman–Crippen LogP) is 10.4. The molecule has 1 unspecified atom stereocenters.